The molecule has 0 amide bonds. The second-order valence-corrected chi connectivity index (χ2v) is 20.7. The van der Waals surface area contributed by atoms with Crippen molar-refractivity contribution in [1.29, 1.82) is 0 Å². The number of aliphatic hydroxyl groups is 4. The van der Waals surface area contributed by atoms with Crippen LogP contribution in [0.3, 0.4) is 0 Å². The molecule has 12 aromatic rings. The first-order chi connectivity index (χ1) is 41.7. The van der Waals surface area contributed by atoms with Crippen LogP contribution in [0.5, 0.6) is 11.5 Å². The van der Waals surface area contributed by atoms with Crippen LogP contribution in [-0.4, -0.2) is 151 Å². The fraction of sp³-hybridized carbons (Fsp3) is 0.226. The molecule has 12 rings (SSSR count). The number of rotatable bonds is 20. The largest absolute Gasteiger partial charge is 0.508 e. The molecule has 0 bridgehead atoms. The van der Waals surface area contributed by atoms with Crippen LogP contribution < -0.4 is 11.5 Å². The molecule has 0 saturated heterocycles. The van der Waals surface area contributed by atoms with Gasteiger partial charge in [-0.2, -0.15) is 10.2 Å². The molecule has 0 saturated carbocycles. The van der Waals surface area contributed by atoms with Gasteiger partial charge >= 0.3 is 0 Å². The van der Waals surface area contributed by atoms with Crippen LogP contribution in [0.2, 0.25) is 0 Å². The summed E-state index contributed by atoms with van der Waals surface area (Å²) in [4.78, 5) is 30.8. The lowest BCUT2D eigenvalue weighted by molar-refractivity contribution is 0.155. The first-order valence-corrected chi connectivity index (χ1v) is 27.7. The van der Waals surface area contributed by atoms with E-state index >= 15 is 0 Å². The van der Waals surface area contributed by atoms with Gasteiger partial charge in [0.2, 0.25) is 0 Å². The lowest BCUT2D eigenvalue weighted by Gasteiger charge is -2.20. The average molecular weight is 1170 g/mol. The van der Waals surface area contributed by atoms with Crippen molar-refractivity contribution in [2.75, 3.05) is 64.1 Å². The van der Waals surface area contributed by atoms with Gasteiger partial charge in [0.15, 0.2) is 11.3 Å². The van der Waals surface area contributed by atoms with Crippen molar-refractivity contribution in [3.05, 3.63) is 181 Å². The molecule has 2 aromatic carbocycles. The van der Waals surface area contributed by atoms with Crippen molar-refractivity contribution >= 4 is 44.7 Å². The molecule has 86 heavy (non-hydrogen) atoms. The fourth-order valence-electron chi connectivity index (χ4n) is 11.0. The van der Waals surface area contributed by atoms with Gasteiger partial charge in [-0.3, -0.25) is 19.8 Å². The molecule has 0 aliphatic heterocycles. The minimum Gasteiger partial charge on any atom is -0.508 e. The van der Waals surface area contributed by atoms with Crippen LogP contribution in [0, 0.1) is 11.6 Å². The van der Waals surface area contributed by atoms with Gasteiger partial charge in [-0.05, 0) is 97.8 Å². The predicted octanol–water partition coefficient (Wildman–Crippen LogP) is 7.26. The number of aliphatic hydroxyl groups excluding tert-OH is 4. The Hall–Kier alpha value is -9.82. The molecule has 10 aromatic heterocycles. The molecule has 2 atom stereocenters. The molecule has 0 unspecified atom stereocenters. The van der Waals surface area contributed by atoms with Gasteiger partial charge in [-0.1, -0.05) is 24.3 Å². The Kier molecular flexibility index (Phi) is 17.0. The number of aromatic nitrogens is 12. The highest BCUT2D eigenvalue weighted by atomic mass is 19.1. The highest BCUT2D eigenvalue weighted by molar-refractivity contribution is 5.99. The van der Waals surface area contributed by atoms with Gasteiger partial charge in [-0.15, -0.1) is 0 Å². The molecular formula is C62H62F2N16O6. The van der Waals surface area contributed by atoms with Crippen LogP contribution in [0.4, 0.5) is 20.4 Å². The number of anilines is 2. The number of phenolic OH excluding ortho intramolecular Hbond substituents is 2. The highest BCUT2D eigenvalue weighted by Gasteiger charge is 2.28. The van der Waals surface area contributed by atoms with E-state index in [4.69, 9.17) is 31.6 Å². The number of pyridine rings is 4. The van der Waals surface area contributed by atoms with Gasteiger partial charge in [0.1, 0.15) is 58.8 Å². The number of aromatic hydroxyl groups is 2. The van der Waals surface area contributed by atoms with E-state index in [2.05, 4.69) is 40.9 Å². The Balaban J connectivity index is 0.000000179. The summed E-state index contributed by atoms with van der Waals surface area (Å²) < 4.78 is 36.2. The fourth-order valence-corrected chi connectivity index (χ4v) is 11.0. The second-order valence-electron chi connectivity index (χ2n) is 20.7. The number of phenols is 2. The molecule has 440 valence electrons. The maximum Gasteiger partial charge on any atom is 0.164 e. The Morgan fingerprint density at radius 3 is 1.27 bits per heavy atom. The number of benzene rings is 2. The molecule has 24 heteroatoms. The minimum absolute atomic E-state index is 0.00365. The van der Waals surface area contributed by atoms with Crippen LogP contribution in [0.15, 0.2) is 147 Å². The number of nitrogens with two attached hydrogens (primary N) is 2. The number of hydrogen-bond donors (Lipinski definition) is 8. The smallest absolute Gasteiger partial charge is 0.164 e. The average Bonchev–Trinajstić information content (AvgIpc) is 1.76. The summed E-state index contributed by atoms with van der Waals surface area (Å²) in [5.74, 6) is -1.28. The van der Waals surface area contributed by atoms with Crippen molar-refractivity contribution < 1.29 is 39.4 Å². The van der Waals surface area contributed by atoms with Crippen molar-refractivity contribution in [3.8, 4) is 56.8 Å². The van der Waals surface area contributed by atoms with Gasteiger partial charge in [0.05, 0.1) is 72.1 Å². The number of nitrogen functional groups attached to an aromatic ring is 2. The molecule has 0 fully saturated rings. The molecule has 10 heterocycles. The topological polar surface area (TPSA) is 302 Å². The monoisotopic (exact) mass is 1160 g/mol. The maximum absolute atomic E-state index is 14.3. The molecule has 0 aliphatic rings. The third-order valence-corrected chi connectivity index (χ3v) is 15.0. The van der Waals surface area contributed by atoms with E-state index in [0.717, 1.165) is 68.2 Å². The van der Waals surface area contributed by atoms with Crippen LogP contribution >= 0.6 is 0 Å². The highest BCUT2D eigenvalue weighted by Crippen LogP contribution is 2.40. The van der Waals surface area contributed by atoms with Gasteiger partial charge in [-0.25, -0.2) is 38.1 Å². The number of halogens is 2. The number of hydrogen-bond acceptors (Lipinski definition) is 18. The normalized spacial score (nSPS) is 12.5. The molecule has 0 radical (unpaired) electrons. The lowest BCUT2D eigenvalue weighted by atomic mass is 10.1. The predicted molar refractivity (Wildman–Crippen MR) is 321 cm³/mol. The van der Waals surface area contributed by atoms with E-state index in [1.807, 2.05) is 96.7 Å². The number of nitrogens with zero attached hydrogens (tertiary/aromatic N) is 14. The molecule has 10 N–H and O–H groups in total. The summed E-state index contributed by atoms with van der Waals surface area (Å²) in [6.45, 7) is 6.91. The summed E-state index contributed by atoms with van der Waals surface area (Å²) in [6.07, 6.45) is 10.3. The molecule has 0 spiro atoms. The minimum atomic E-state index is -0.604. The SMILES string of the molecule is C[C@@H](c1cc2ccccn2c1-c1ccc(CN(CCO)CCO)cn1)n1nc(-c2cc(O)cc(F)c2)c2c(N)ncnc21.C[C@H](c1cc2ccccn2c1-c1ccc(CN(CCO)CCO)cn1)n1nc(-c2cc(O)cc(F)c2)c2c(N)ncnc21. The maximum atomic E-state index is 14.3. The van der Waals surface area contributed by atoms with Crippen LogP contribution in [0.1, 0.15) is 48.2 Å². The summed E-state index contributed by atoms with van der Waals surface area (Å²) in [5.41, 5.74) is 23.8. The molecule has 0 aliphatic carbocycles. The Morgan fingerprint density at radius 2 is 0.907 bits per heavy atom. The lowest BCUT2D eigenvalue weighted by Crippen LogP contribution is -2.29. The zero-order chi connectivity index (χ0) is 60.2. The van der Waals surface area contributed by atoms with E-state index in [1.54, 1.807) is 21.8 Å². The van der Waals surface area contributed by atoms with Crippen LogP contribution in [-0.2, 0) is 13.1 Å². The van der Waals surface area contributed by atoms with Crippen molar-refractivity contribution in [1.82, 2.24) is 68.1 Å². The van der Waals surface area contributed by atoms with Gasteiger partial charge in [0, 0.05) is 109 Å². The third kappa shape index (κ3) is 11.7. The quantitative estimate of drug-likeness (QED) is 0.0372. The summed E-state index contributed by atoms with van der Waals surface area (Å²) >= 11 is 0. The van der Waals surface area contributed by atoms with E-state index in [-0.39, 0.29) is 61.6 Å². The first kappa shape index (κ1) is 58.0. The second kappa shape index (κ2) is 25.2. The number of fused-ring (bicyclic) bond motifs is 4. The Labute approximate surface area is 490 Å². The van der Waals surface area contributed by atoms with E-state index in [0.29, 0.717) is 83.9 Å². The van der Waals surface area contributed by atoms with Gasteiger partial charge in [0.25, 0.3) is 0 Å². The first-order valence-electron chi connectivity index (χ1n) is 27.7. The van der Waals surface area contributed by atoms with Crippen molar-refractivity contribution in [2.45, 2.75) is 39.0 Å². The molecule has 22 nitrogen and oxygen atoms in total. The van der Waals surface area contributed by atoms with E-state index in [1.165, 1.54) is 36.9 Å². The van der Waals surface area contributed by atoms with Crippen molar-refractivity contribution in [3.63, 3.8) is 0 Å². The zero-order valence-corrected chi connectivity index (χ0v) is 46.9. The zero-order valence-electron chi connectivity index (χ0n) is 46.9. The summed E-state index contributed by atoms with van der Waals surface area (Å²) in [6, 6.07) is 30.7. The van der Waals surface area contributed by atoms with Crippen molar-refractivity contribution in [2.24, 2.45) is 0 Å². The Morgan fingerprint density at radius 1 is 0.500 bits per heavy atom. The summed E-state index contributed by atoms with van der Waals surface area (Å²) in [7, 11) is 0. The molecular weight excluding hydrogens is 1100 g/mol. The van der Waals surface area contributed by atoms with E-state index in [9.17, 15) is 39.4 Å². The van der Waals surface area contributed by atoms with Crippen LogP contribution in [0.25, 0.3) is 78.4 Å². The van der Waals surface area contributed by atoms with E-state index < -0.39 is 11.6 Å². The Bertz CT molecular complexity index is 4030. The third-order valence-electron chi connectivity index (χ3n) is 15.0. The van der Waals surface area contributed by atoms with Gasteiger partial charge < -0.3 is 50.9 Å². The summed E-state index contributed by atoms with van der Waals surface area (Å²) in [5, 5.41) is 68.3. The standard InChI is InChI=1S/2C31H31FN8O3/c2*1-19(40-31-27(30(33)35-18-36-31)28(37-40)21-12-22(32)14-24(43)13-21)25-15-23-4-2-3-7-39(23)29(25)26-6-5-20(16-34-26)17-38(8-10-41)9-11-42/h2*2-7,12-16,18-19,41-43H,8-11,17H2,1H3,(H2,33,35,36)/t2*19-/m10/s1.